The van der Waals surface area contributed by atoms with E-state index in [0.717, 1.165) is 24.9 Å². The summed E-state index contributed by atoms with van der Waals surface area (Å²) in [7, 11) is 2.02. The average Bonchev–Trinajstić information content (AvgIpc) is 2.85. The molecule has 0 unspecified atom stereocenters. The summed E-state index contributed by atoms with van der Waals surface area (Å²) >= 11 is 6.12. The molecule has 5 nitrogen and oxygen atoms in total. The Bertz CT molecular complexity index is 610. The van der Waals surface area contributed by atoms with Crippen LogP contribution in [-0.2, 0) is 6.54 Å². The van der Waals surface area contributed by atoms with E-state index in [-0.39, 0.29) is 6.10 Å². The van der Waals surface area contributed by atoms with Crippen molar-refractivity contribution in [2.24, 2.45) is 5.92 Å². The van der Waals surface area contributed by atoms with Gasteiger partial charge in [0.25, 0.3) is 0 Å². The molecule has 2 aromatic rings. The molecule has 0 bridgehead atoms. The third-order valence-electron chi connectivity index (χ3n) is 3.76. The third kappa shape index (κ3) is 3.43. The lowest BCUT2D eigenvalue weighted by molar-refractivity contribution is 0.0264. The Morgan fingerprint density at radius 3 is 2.81 bits per heavy atom. The lowest BCUT2D eigenvalue weighted by Crippen LogP contribution is -2.36. The number of aliphatic hydroxyl groups excluding tert-OH is 1. The zero-order valence-electron chi connectivity index (χ0n) is 11.9. The molecule has 0 aliphatic heterocycles. The largest absolute Gasteiger partial charge is 0.419 e. The number of benzene rings is 1. The number of nitrogens with zero attached hydrogens (tertiary/aromatic N) is 3. The Morgan fingerprint density at radius 1 is 1.33 bits per heavy atom. The molecule has 1 saturated carbocycles. The summed E-state index contributed by atoms with van der Waals surface area (Å²) in [6.45, 7) is 1.53. The van der Waals surface area contributed by atoms with Gasteiger partial charge in [-0.15, -0.1) is 10.2 Å². The van der Waals surface area contributed by atoms with Crippen molar-refractivity contribution in [3.63, 3.8) is 0 Å². The molecule has 21 heavy (non-hydrogen) atoms. The monoisotopic (exact) mass is 307 g/mol. The van der Waals surface area contributed by atoms with Crippen molar-refractivity contribution >= 4 is 11.6 Å². The molecule has 0 spiro atoms. The van der Waals surface area contributed by atoms with Crippen LogP contribution < -0.4 is 0 Å². The summed E-state index contributed by atoms with van der Waals surface area (Å²) in [6.07, 6.45) is 1.66. The highest BCUT2D eigenvalue weighted by molar-refractivity contribution is 6.33. The fourth-order valence-electron chi connectivity index (χ4n) is 2.65. The van der Waals surface area contributed by atoms with Crippen LogP contribution in [0.5, 0.6) is 0 Å². The first-order chi connectivity index (χ1) is 10.1. The zero-order valence-corrected chi connectivity index (χ0v) is 12.6. The molecule has 1 aromatic carbocycles. The van der Waals surface area contributed by atoms with Crippen LogP contribution in [0.15, 0.2) is 28.7 Å². The van der Waals surface area contributed by atoms with Crippen LogP contribution in [-0.4, -0.2) is 39.9 Å². The summed E-state index contributed by atoms with van der Waals surface area (Å²) in [4.78, 5) is 2.14. The first-order valence-corrected chi connectivity index (χ1v) is 7.43. The van der Waals surface area contributed by atoms with Gasteiger partial charge in [-0.1, -0.05) is 23.7 Å². The molecule has 6 heteroatoms. The Kier molecular flexibility index (Phi) is 4.24. The number of halogens is 1. The van der Waals surface area contributed by atoms with E-state index in [2.05, 4.69) is 15.1 Å². The molecule has 3 rings (SSSR count). The van der Waals surface area contributed by atoms with Crippen LogP contribution in [0.4, 0.5) is 0 Å². The predicted octanol–water partition coefficient (Wildman–Crippen LogP) is 2.59. The summed E-state index contributed by atoms with van der Waals surface area (Å²) in [5.41, 5.74) is 0.752. The smallest absolute Gasteiger partial charge is 0.249 e. The summed E-state index contributed by atoms with van der Waals surface area (Å²) in [5.74, 6) is 1.59. The van der Waals surface area contributed by atoms with Crippen molar-refractivity contribution in [2.45, 2.75) is 25.5 Å². The SMILES string of the molecule is CN(Cc1nnc(-c2ccccc2Cl)o1)CC1CC(O)C1. The topological polar surface area (TPSA) is 62.4 Å². The Morgan fingerprint density at radius 2 is 2.10 bits per heavy atom. The van der Waals surface area contributed by atoms with Gasteiger partial charge in [0.05, 0.1) is 23.2 Å². The minimum Gasteiger partial charge on any atom is -0.419 e. The first-order valence-electron chi connectivity index (χ1n) is 7.05. The van der Waals surface area contributed by atoms with Crippen molar-refractivity contribution in [3.05, 3.63) is 35.2 Å². The molecule has 0 amide bonds. The number of hydrogen-bond donors (Lipinski definition) is 1. The van der Waals surface area contributed by atoms with Gasteiger partial charge in [-0.25, -0.2) is 0 Å². The number of aromatic nitrogens is 2. The average molecular weight is 308 g/mol. The Labute approximate surface area is 128 Å². The van der Waals surface area contributed by atoms with Crippen molar-refractivity contribution in [1.82, 2.24) is 15.1 Å². The summed E-state index contributed by atoms with van der Waals surface area (Å²) in [5, 5.41) is 18.0. The highest BCUT2D eigenvalue weighted by Crippen LogP contribution is 2.29. The van der Waals surface area contributed by atoms with Gasteiger partial charge in [-0.3, -0.25) is 4.90 Å². The number of hydrogen-bond acceptors (Lipinski definition) is 5. The van der Waals surface area contributed by atoms with Crippen molar-refractivity contribution in [2.75, 3.05) is 13.6 Å². The van der Waals surface area contributed by atoms with Crippen LogP contribution in [0.2, 0.25) is 5.02 Å². The van der Waals surface area contributed by atoms with Crippen LogP contribution in [0, 0.1) is 5.92 Å². The maximum atomic E-state index is 9.30. The van der Waals surface area contributed by atoms with Gasteiger partial charge in [0.1, 0.15) is 0 Å². The molecule has 0 saturated heterocycles. The molecule has 1 N–H and O–H groups in total. The Hall–Kier alpha value is -1.43. The van der Waals surface area contributed by atoms with Crippen LogP contribution >= 0.6 is 11.6 Å². The predicted molar refractivity (Wildman–Crippen MR) is 79.8 cm³/mol. The second kappa shape index (κ2) is 6.13. The van der Waals surface area contributed by atoms with Crippen LogP contribution in [0.3, 0.4) is 0 Å². The van der Waals surface area contributed by atoms with E-state index in [1.54, 1.807) is 6.07 Å². The molecule has 112 valence electrons. The van der Waals surface area contributed by atoms with Crippen molar-refractivity contribution < 1.29 is 9.52 Å². The molecule has 1 heterocycles. The quantitative estimate of drug-likeness (QED) is 0.920. The van der Waals surface area contributed by atoms with Gasteiger partial charge in [0.2, 0.25) is 11.8 Å². The second-order valence-electron chi connectivity index (χ2n) is 5.67. The Balaban J connectivity index is 1.61. The van der Waals surface area contributed by atoms with E-state index in [0.29, 0.717) is 29.3 Å². The number of aliphatic hydroxyl groups is 1. The fourth-order valence-corrected chi connectivity index (χ4v) is 2.86. The lowest BCUT2D eigenvalue weighted by Gasteiger charge is -2.34. The van der Waals surface area contributed by atoms with Gasteiger partial charge in [-0.05, 0) is 37.9 Å². The highest BCUT2D eigenvalue weighted by atomic mass is 35.5. The first kappa shape index (κ1) is 14.5. The van der Waals surface area contributed by atoms with E-state index in [9.17, 15) is 5.11 Å². The van der Waals surface area contributed by atoms with Gasteiger partial charge in [0.15, 0.2) is 0 Å². The molecule has 0 radical (unpaired) electrons. The highest BCUT2D eigenvalue weighted by Gasteiger charge is 2.28. The van der Waals surface area contributed by atoms with Gasteiger partial charge in [0, 0.05) is 6.54 Å². The molecule has 1 aliphatic carbocycles. The minimum atomic E-state index is -0.112. The molecular formula is C15H18ClN3O2. The molecule has 1 aromatic heterocycles. The standard InChI is InChI=1S/C15H18ClN3O2/c1-19(8-10-6-11(20)7-10)9-14-17-18-15(21-14)12-4-2-3-5-13(12)16/h2-5,10-11,20H,6-9H2,1H3. The van der Waals surface area contributed by atoms with Crippen LogP contribution in [0.1, 0.15) is 18.7 Å². The summed E-state index contributed by atoms with van der Waals surface area (Å²) in [6, 6.07) is 7.41. The normalized spacial score (nSPS) is 21.5. The summed E-state index contributed by atoms with van der Waals surface area (Å²) < 4.78 is 5.68. The van der Waals surface area contributed by atoms with E-state index < -0.39 is 0 Å². The van der Waals surface area contributed by atoms with E-state index in [1.165, 1.54) is 0 Å². The molecule has 1 fully saturated rings. The van der Waals surface area contributed by atoms with E-state index >= 15 is 0 Å². The van der Waals surface area contributed by atoms with Gasteiger partial charge >= 0.3 is 0 Å². The number of rotatable bonds is 5. The van der Waals surface area contributed by atoms with E-state index in [1.807, 2.05) is 25.2 Å². The maximum absolute atomic E-state index is 9.30. The van der Waals surface area contributed by atoms with Crippen LogP contribution in [0.25, 0.3) is 11.5 Å². The maximum Gasteiger partial charge on any atom is 0.249 e. The molecule has 0 atom stereocenters. The van der Waals surface area contributed by atoms with Gasteiger partial charge < -0.3 is 9.52 Å². The van der Waals surface area contributed by atoms with Crippen molar-refractivity contribution in [1.29, 1.82) is 0 Å². The second-order valence-corrected chi connectivity index (χ2v) is 6.08. The molecule has 1 aliphatic rings. The van der Waals surface area contributed by atoms with Crippen molar-refractivity contribution in [3.8, 4) is 11.5 Å². The van der Waals surface area contributed by atoms with Gasteiger partial charge in [-0.2, -0.15) is 0 Å². The fraction of sp³-hybridized carbons (Fsp3) is 0.467. The third-order valence-corrected chi connectivity index (χ3v) is 4.09. The molecular weight excluding hydrogens is 290 g/mol. The van der Waals surface area contributed by atoms with E-state index in [4.69, 9.17) is 16.0 Å². The lowest BCUT2D eigenvalue weighted by atomic mass is 9.82. The zero-order chi connectivity index (χ0) is 14.8. The minimum absolute atomic E-state index is 0.112.